The molecule has 1 aromatic rings. The van der Waals surface area contributed by atoms with Gasteiger partial charge in [0.2, 0.25) is 10.0 Å². The number of aryl methyl sites for hydroxylation is 1. The predicted octanol–water partition coefficient (Wildman–Crippen LogP) is 1.40. The fourth-order valence-corrected chi connectivity index (χ4v) is 3.93. The zero-order valence-corrected chi connectivity index (χ0v) is 14.1. The van der Waals surface area contributed by atoms with E-state index < -0.39 is 14.9 Å². The minimum absolute atomic E-state index is 0.00658. The quantitative estimate of drug-likeness (QED) is 0.598. The van der Waals surface area contributed by atoms with Crippen molar-refractivity contribution in [3.8, 4) is 0 Å². The van der Waals surface area contributed by atoms with Crippen LogP contribution in [0.5, 0.6) is 0 Å². The standard InChI is InChI=1S/C15H23N3O4S/c1-17-9-2-3-14(12-17)11-16-23(21,22)10-8-13-4-6-15(7-5-13)18(19)20/h4-7,14,16H,2-3,8-12H2,1H3. The lowest BCUT2D eigenvalue weighted by Gasteiger charge is -2.29. The summed E-state index contributed by atoms with van der Waals surface area (Å²) in [4.78, 5) is 12.3. The van der Waals surface area contributed by atoms with Crippen LogP contribution < -0.4 is 4.72 Å². The first-order chi connectivity index (χ1) is 10.9. The van der Waals surface area contributed by atoms with Crippen LogP contribution in [0.3, 0.4) is 0 Å². The van der Waals surface area contributed by atoms with Crippen LogP contribution in [0.1, 0.15) is 18.4 Å². The lowest BCUT2D eigenvalue weighted by molar-refractivity contribution is -0.384. The van der Waals surface area contributed by atoms with E-state index in [0.717, 1.165) is 31.5 Å². The molecule has 128 valence electrons. The Morgan fingerprint density at radius 3 is 2.65 bits per heavy atom. The van der Waals surface area contributed by atoms with Gasteiger partial charge in [0, 0.05) is 25.2 Å². The van der Waals surface area contributed by atoms with E-state index in [4.69, 9.17) is 0 Å². The summed E-state index contributed by atoms with van der Waals surface area (Å²) >= 11 is 0. The third kappa shape index (κ3) is 5.89. The van der Waals surface area contributed by atoms with Gasteiger partial charge in [-0.15, -0.1) is 0 Å². The fourth-order valence-electron chi connectivity index (χ4n) is 2.79. The maximum atomic E-state index is 12.1. The van der Waals surface area contributed by atoms with Gasteiger partial charge < -0.3 is 4.90 Å². The second-order valence-corrected chi connectivity index (χ2v) is 8.04. The van der Waals surface area contributed by atoms with Crippen molar-refractivity contribution in [3.05, 3.63) is 39.9 Å². The zero-order valence-electron chi connectivity index (χ0n) is 13.3. The predicted molar refractivity (Wildman–Crippen MR) is 88.8 cm³/mol. The molecule has 1 N–H and O–H groups in total. The lowest BCUT2D eigenvalue weighted by atomic mass is 9.99. The Kier molecular flexibility index (Phi) is 6.09. The molecule has 1 unspecified atom stereocenters. The Labute approximate surface area is 136 Å². The van der Waals surface area contributed by atoms with Crippen LogP contribution in [0.25, 0.3) is 0 Å². The highest BCUT2D eigenvalue weighted by Gasteiger charge is 2.19. The molecule has 0 saturated carbocycles. The molecule has 1 heterocycles. The highest BCUT2D eigenvalue weighted by molar-refractivity contribution is 7.89. The maximum absolute atomic E-state index is 12.1. The van der Waals surface area contributed by atoms with Crippen LogP contribution in [0.4, 0.5) is 5.69 Å². The largest absolute Gasteiger partial charge is 0.306 e. The van der Waals surface area contributed by atoms with Crippen LogP contribution in [0, 0.1) is 16.0 Å². The highest BCUT2D eigenvalue weighted by Crippen LogP contribution is 2.15. The minimum atomic E-state index is -3.33. The van der Waals surface area contributed by atoms with Crippen molar-refractivity contribution in [3.63, 3.8) is 0 Å². The molecule has 1 fully saturated rings. The van der Waals surface area contributed by atoms with Gasteiger partial charge in [0.05, 0.1) is 10.7 Å². The number of nitro groups is 1. The van der Waals surface area contributed by atoms with Gasteiger partial charge in [-0.05, 0) is 44.3 Å². The number of nitrogens with one attached hydrogen (secondary N) is 1. The summed E-state index contributed by atoms with van der Waals surface area (Å²) in [6, 6.07) is 5.99. The summed E-state index contributed by atoms with van der Waals surface area (Å²) < 4.78 is 26.8. The molecule has 0 bridgehead atoms. The molecule has 0 amide bonds. The number of non-ortho nitro benzene ring substituents is 1. The van der Waals surface area contributed by atoms with Crippen molar-refractivity contribution in [2.75, 3.05) is 32.4 Å². The average Bonchev–Trinajstić information content (AvgIpc) is 2.52. The monoisotopic (exact) mass is 341 g/mol. The summed E-state index contributed by atoms with van der Waals surface area (Å²) in [6.07, 6.45) is 2.50. The number of hydrogen-bond donors (Lipinski definition) is 1. The zero-order chi connectivity index (χ0) is 16.9. The number of hydrogen-bond acceptors (Lipinski definition) is 5. The van der Waals surface area contributed by atoms with E-state index >= 15 is 0 Å². The van der Waals surface area contributed by atoms with Gasteiger partial charge >= 0.3 is 0 Å². The van der Waals surface area contributed by atoms with Gasteiger partial charge in [-0.25, -0.2) is 13.1 Å². The molecule has 0 aliphatic carbocycles. The van der Waals surface area contributed by atoms with Crippen LogP contribution in [0.15, 0.2) is 24.3 Å². The SMILES string of the molecule is CN1CCCC(CNS(=O)(=O)CCc2ccc([N+](=O)[O-])cc2)C1. The van der Waals surface area contributed by atoms with Gasteiger partial charge in [0.1, 0.15) is 0 Å². The topological polar surface area (TPSA) is 92.6 Å². The molecule has 2 rings (SSSR count). The summed E-state index contributed by atoms with van der Waals surface area (Å²) in [5.41, 5.74) is 0.787. The van der Waals surface area contributed by atoms with E-state index in [1.165, 1.54) is 12.1 Å². The first kappa shape index (κ1) is 17.8. The molecule has 8 heteroatoms. The summed E-state index contributed by atoms with van der Waals surface area (Å²) in [5, 5.41) is 10.6. The second-order valence-electron chi connectivity index (χ2n) is 6.11. The normalized spacial score (nSPS) is 19.6. The fraction of sp³-hybridized carbons (Fsp3) is 0.600. The van der Waals surface area contributed by atoms with Crippen LogP contribution >= 0.6 is 0 Å². The van der Waals surface area contributed by atoms with Gasteiger partial charge in [0.15, 0.2) is 0 Å². The smallest absolute Gasteiger partial charge is 0.269 e. The number of nitrogens with zero attached hydrogens (tertiary/aromatic N) is 2. The summed E-state index contributed by atoms with van der Waals surface area (Å²) in [5.74, 6) is 0.357. The molecule has 23 heavy (non-hydrogen) atoms. The molecule has 0 spiro atoms. The highest BCUT2D eigenvalue weighted by atomic mass is 32.2. The van der Waals surface area contributed by atoms with Gasteiger partial charge in [-0.1, -0.05) is 12.1 Å². The third-order valence-corrected chi connectivity index (χ3v) is 5.47. The minimum Gasteiger partial charge on any atom is -0.306 e. The van der Waals surface area contributed by atoms with Crippen molar-refractivity contribution in [1.82, 2.24) is 9.62 Å². The molecule has 0 radical (unpaired) electrons. The Hall–Kier alpha value is -1.51. The maximum Gasteiger partial charge on any atom is 0.269 e. The number of likely N-dealkylation sites (tertiary alicyclic amines) is 1. The Balaban J connectivity index is 1.80. The van der Waals surface area contributed by atoms with E-state index in [9.17, 15) is 18.5 Å². The molecule has 1 aliphatic rings. The third-order valence-electron chi connectivity index (χ3n) is 4.12. The van der Waals surface area contributed by atoms with Crippen molar-refractivity contribution in [2.24, 2.45) is 5.92 Å². The number of rotatable bonds is 7. The molecule has 0 aromatic heterocycles. The van der Waals surface area contributed by atoms with Gasteiger partial charge in [-0.2, -0.15) is 0 Å². The van der Waals surface area contributed by atoms with E-state index in [1.807, 2.05) is 0 Å². The van der Waals surface area contributed by atoms with Gasteiger partial charge in [-0.3, -0.25) is 10.1 Å². The van der Waals surface area contributed by atoms with E-state index in [0.29, 0.717) is 18.9 Å². The molecular weight excluding hydrogens is 318 g/mol. The van der Waals surface area contributed by atoms with Crippen molar-refractivity contribution in [2.45, 2.75) is 19.3 Å². The Bertz CT molecular complexity index is 631. The number of piperidine rings is 1. The first-order valence-corrected chi connectivity index (χ1v) is 9.40. The van der Waals surface area contributed by atoms with E-state index in [1.54, 1.807) is 12.1 Å². The lowest BCUT2D eigenvalue weighted by Crippen LogP contribution is -2.39. The van der Waals surface area contributed by atoms with Crippen molar-refractivity contribution in [1.29, 1.82) is 0 Å². The number of benzene rings is 1. The molecule has 1 aliphatic heterocycles. The van der Waals surface area contributed by atoms with Crippen molar-refractivity contribution >= 4 is 15.7 Å². The van der Waals surface area contributed by atoms with Crippen LogP contribution in [0.2, 0.25) is 0 Å². The summed E-state index contributed by atoms with van der Waals surface area (Å²) in [7, 11) is -1.27. The molecule has 1 atom stereocenters. The average molecular weight is 341 g/mol. The summed E-state index contributed by atoms with van der Waals surface area (Å²) in [6.45, 7) is 2.47. The molecule has 7 nitrogen and oxygen atoms in total. The first-order valence-electron chi connectivity index (χ1n) is 7.75. The Morgan fingerprint density at radius 2 is 2.04 bits per heavy atom. The molecular formula is C15H23N3O4S. The van der Waals surface area contributed by atoms with E-state index in [-0.39, 0.29) is 11.4 Å². The van der Waals surface area contributed by atoms with Crippen LogP contribution in [-0.4, -0.2) is 50.7 Å². The molecule has 1 aromatic carbocycles. The molecule has 1 saturated heterocycles. The second kappa shape index (κ2) is 7.85. The van der Waals surface area contributed by atoms with Crippen LogP contribution in [-0.2, 0) is 16.4 Å². The number of sulfonamides is 1. The van der Waals surface area contributed by atoms with Gasteiger partial charge in [0.25, 0.3) is 5.69 Å². The number of nitro benzene ring substituents is 1. The van der Waals surface area contributed by atoms with E-state index in [2.05, 4.69) is 16.7 Å². The Morgan fingerprint density at radius 1 is 1.35 bits per heavy atom. The van der Waals surface area contributed by atoms with Crippen molar-refractivity contribution < 1.29 is 13.3 Å².